The highest BCUT2D eigenvalue weighted by Gasteiger charge is 2.31. The van der Waals surface area contributed by atoms with Crippen molar-refractivity contribution in [1.29, 1.82) is 0 Å². The smallest absolute Gasteiger partial charge is 0.410 e. The molecule has 0 aromatic carbocycles. The molecule has 1 aliphatic rings. The molecule has 0 aromatic heterocycles. The minimum Gasteiger partial charge on any atom is -0.444 e. The van der Waals surface area contributed by atoms with Gasteiger partial charge in [-0.25, -0.2) is 4.79 Å². The third-order valence-electron chi connectivity index (χ3n) is 2.88. The van der Waals surface area contributed by atoms with Crippen LogP contribution in [-0.4, -0.2) is 50.2 Å². The number of carbonyl (C=O) groups excluding carboxylic acids is 1. The van der Waals surface area contributed by atoms with Crippen LogP contribution in [0.4, 0.5) is 8.90 Å². The van der Waals surface area contributed by atoms with Gasteiger partial charge in [0.15, 0.2) is 0 Å². The molecule has 1 amide bonds. The lowest BCUT2D eigenvalue weighted by atomic mass is 10.1. The zero-order valence-electron chi connectivity index (χ0n) is 10.8. The molecule has 1 fully saturated rings. The molecule has 4 nitrogen and oxygen atoms in total. The number of ether oxygens (including phenoxy) is 1. The third kappa shape index (κ3) is 4.63. The van der Waals surface area contributed by atoms with Crippen LogP contribution in [-0.2, 0) is 4.74 Å². The van der Waals surface area contributed by atoms with Gasteiger partial charge in [0.2, 0.25) is 0 Å². The Morgan fingerprint density at radius 2 is 2.00 bits per heavy atom. The van der Waals surface area contributed by atoms with E-state index in [0.717, 1.165) is 0 Å². The molecule has 100 valence electrons. The highest BCUT2D eigenvalue weighted by atomic mass is 28.3. The summed E-state index contributed by atoms with van der Waals surface area (Å²) in [6.45, 7) is 6.55. The van der Waals surface area contributed by atoms with Crippen LogP contribution in [0.3, 0.4) is 0 Å². The zero-order chi connectivity index (χ0) is 13.1. The van der Waals surface area contributed by atoms with E-state index in [1.807, 2.05) is 20.8 Å². The molecule has 0 aliphatic carbocycles. The molecule has 1 heterocycles. The van der Waals surface area contributed by atoms with E-state index in [1.165, 1.54) is 0 Å². The van der Waals surface area contributed by atoms with E-state index in [-0.39, 0.29) is 17.9 Å². The van der Waals surface area contributed by atoms with Crippen LogP contribution < -0.4 is 0 Å². The summed E-state index contributed by atoms with van der Waals surface area (Å²) in [5.41, 5.74) is -0.491. The zero-order valence-corrected chi connectivity index (χ0v) is 11.9. The van der Waals surface area contributed by atoms with E-state index in [2.05, 4.69) is 0 Å². The molecular formula is C11H22FNO3Si. The fourth-order valence-electron chi connectivity index (χ4n) is 1.92. The monoisotopic (exact) mass is 263 g/mol. The molecule has 0 unspecified atom stereocenters. The minimum atomic E-state index is -2.49. The molecule has 0 spiro atoms. The van der Waals surface area contributed by atoms with E-state index in [4.69, 9.17) is 9.84 Å². The van der Waals surface area contributed by atoms with E-state index in [1.54, 1.807) is 4.90 Å². The highest BCUT2D eigenvalue weighted by molar-refractivity contribution is 6.52. The Labute approximate surface area is 104 Å². The molecule has 1 aliphatic heterocycles. The summed E-state index contributed by atoms with van der Waals surface area (Å²) < 4.78 is 18.6. The fraction of sp³-hybridized carbons (Fsp3) is 0.909. The van der Waals surface area contributed by atoms with Crippen LogP contribution in [0.2, 0.25) is 5.54 Å². The number of halogens is 1. The third-order valence-corrected chi connectivity index (χ3v) is 4.92. The summed E-state index contributed by atoms with van der Waals surface area (Å²) >= 11 is 0. The molecule has 6 heteroatoms. The number of aliphatic hydroxyl groups is 1. The second kappa shape index (κ2) is 5.82. The molecule has 0 radical (unpaired) electrons. The molecule has 17 heavy (non-hydrogen) atoms. The van der Waals surface area contributed by atoms with Crippen molar-refractivity contribution in [1.82, 2.24) is 4.90 Å². The van der Waals surface area contributed by atoms with Crippen molar-refractivity contribution in [3.8, 4) is 0 Å². The van der Waals surface area contributed by atoms with E-state index in [0.29, 0.717) is 25.9 Å². The van der Waals surface area contributed by atoms with Gasteiger partial charge in [0.25, 0.3) is 9.13 Å². The highest BCUT2D eigenvalue weighted by Crippen LogP contribution is 2.27. The maximum absolute atomic E-state index is 13.4. The lowest BCUT2D eigenvalue weighted by molar-refractivity contribution is 0.0214. The Kier molecular flexibility index (Phi) is 4.94. The van der Waals surface area contributed by atoms with Crippen molar-refractivity contribution >= 4 is 15.2 Å². The lowest BCUT2D eigenvalue weighted by Crippen LogP contribution is -2.42. The molecule has 0 saturated carbocycles. The average molecular weight is 263 g/mol. The summed E-state index contributed by atoms with van der Waals surface area (Å²) in [5.74, 6) is 0. The summed E-state index contributed by atoms with van der Waals surface area (Å²) in [6, 6.07) is 0. The SMILES string of the molecule is CC(C)(C)OC(=O)N1CCC([Si@H](F)CO)CC1. The van der Waals surface area contributed by atoms with Crippen LogP contribution >= 0.6 is 0 Å². The van der Waals surface area contributed by atoms with Gasteiger partial charge in [-0.1, -0.05) is 0 Å². The number of aliphatic hydroxyl groups excluding tert-OH is 1. The van der Waals surface area contributed by atoms with Crippen molar-refractivity contribution in [2.75, 3.05) is 19.3 Å². The van der Waals surface area contributed by atoms with Gasteiger partial charge in [0.1, 0.15) is 5.60 Å². The predicted molar refractivity (Wildman–Crippen MR) is 66.1 cm³/mol. The normalized spacial score (nSPS) is 20.2. The average Bonchev–Trinajstić information content (AvgIpc) is 2.26. The maximum atomic E-state index is 13.4. The first-order chi connectivity index (χ1) is 7.83. The molecule has 1 N–H and O–H groups in total. The summed E-state index contributed by atoms with van der Waals surface area (Å²) in [7, 11) is -2.49. The van der Waals surface area contributed by atoms with Gasteiger partial charge in [-0.3, -0.25) is 0 Å². The Morgan fingerprint density at radius 3 is 2.41 bits per heavy atom. The van der Waals surface area contributed by atoms with Crippen molar-refractivity contribution in [2.45, 2.75) is 44.8 Å². The second-order valence-corrected chi connectivity index (χ2v) is 7.84. The first-order valence-corrected chi connectivity index (χ1v) is 7.98. The first kappa shape index (κ1) is 14.4. The van der Waals surface area contributed by atoms with Crippen LogP contribution in [0.15, 0.2) is 0 Å². The van der Waals surface area contributed by atoms with Crippen molar-refractivity contribution in [3.05, 3.63) is 0 Å². The Bertz CT molecular complexity index is 262. The van der Waals surface area contributed by atoms with E-state index >= 15 is 0 Å². The number of amides is 1. The Morgan fingerprint density at radius 1 is 1.47 bits per heavy atom. The Hall–Kier alpha value is -0.623. The minimum absolute atomic E-state index is 0.00122. The standard InChI is InChI=1S/C11H22FNO3Si/c1-11(2,3)16-10(15)13-6-4-9(5-7-13)17(12)8-14/h9,14,17H,4-8H2,1-3H3/t17-/m1/s1. The largest absolute Gasteiger partial charge is 0.444 e. The first-order valence-electron chi connectivity index (χ1n) is 6.06. The maximum Gasteiger partial charge on any atom is 0.410 e. The number of hydrogen-bond donors (Lipinski definition) is 1. The molecule has 1 saturated heterocycles. The summed E-state index contributed by atoms with van der Waals surface area (Å²) in [6.07, 6.45) is 0.675. The number of carbonyl (C=O) groups is 1. The van der Waals surface area contributed by atoms with Gasteiger partial charge in [-0.15, -0.1) is 0 Å². The van der Waals surface area contributed by atoms with Gasteiger partial charge in [-0.2, -0.15) is 0 Å². The van der Waals surface area contributed by atoms with Gasteiger partial charge >= 0.3 is 6.09 Å². The van der Waals surface area contributed by atoms with Crippen LogP contribution in [0.1, 0.15) is 33.6 Å². The van der Waals surface area contributed by atoms with Crippen LogP contribution in [0, 0.1) is 0 Å². The topological polar surface area (TPSA) is 49.8 Å². The molecular weight excluding hydrogens is 241 g/mol. The van der Waals surface area contributed by atoms with Gasteiger partial charge in [-0.05, 0) is 39.2 Å². The van der Waals surface area contributed by atoms with E-state index < -0.39 is 14.7 Å². The quantitative estimate of drug-likeness (QED) is 0.608. The number of likely N-dealkylation sites (tertiary alicyclic amines) is 1. The van der Waals surface area contributed by atoms with Crippen LogP contribution in [0.25, 0.3) is 0 Å². The number of rotatable bonds is 2. The van der Waals surface area contributed by atoms with Crippen molar-refractivity contribution in [2.24, 2.45) is 0 Å². The van der Waals surface area contributed by atoms with Crippen LogP contribution in [0.5, 0.6) is 0 Å². The molecule has 1 atom stereocenters. The number of hydrogen-bond acceptors (Lipinski definition) is 3. The fourth-order valence-corrected chi connectivity index (χ4v) is 3.24. The number of nitrogens with zero attached hydrogens (tertiary/aromatic N) is 1. The van der Waals surface area contributed by atoms with Gasteiger partial charge in [0.05, 0.1) is 6.23 Å². The predicted octanol–water partition coefficient (Wildman–Crippen LogP) is 1.61. The van der Waals surface area contributed by atoms with Gasteiger partial charge in [0, 0.05) is 13.1 Å². The second-order valence-electron chi connectivity index (χ2n) is 5.50. The van der Waals surface area contributed by atoms with E-state index in [9.17, 15) is 8.90 Å². The Balaban J connectivity index is 2.39. The van der Waals surface area contributed by atoms with Crippen molar-refractivity contribution < 1.29 is 18.7 Å². The molecule has 0 bridgehead atoms. The lowest BCUT2D eigenvalue weighted by Gasteiger charge is -2.33. The molecule has 0 aromatic rings. The number of piperidine rings is 1. The summed E-state index contributed by atoms with van der Waals surface area (Å²) in [5, 5.41) is 8.80. The van der Waals surface area contributed by atoms with Crippen molar-refractivity contribution in [3.63, 3.8) is 0 Å². The van der Waals surface area contributed by atoms with Gasteiger partial charge < -0.3 is 18.9 Å². The molecule has 1 rings (SSSR count). The summed E-state index contributed by atoms with van der Waals surface area (Å²) in [4.78, 5) is 13.4.